The lowest BCUT2D eigenvalue weighted by Gasteiger charge is -2.19. The van der Waals surface area contributed by atoms with Gasteiger partial charge in [-0.3, -0.25) is 24.8 Å². The van der Waals surface area contributed by atoms with Crippen molar-refractivity contribution in [2.75, 3.05) is 13.1 Å². The highest BCUT2D eigenvalue weighted by Crippen LogP contribution is 2.31. The van der Waals surface area contributed by atoms with E-state index in [1.807, 2.05) is 37.3 Å². The van der Waals surface area contributed by atoms with E-state index in [0.717, 1.165) is 28.2 Å². The Kier molecular flexibility index (Phi) is 8.17. The third-order valence-electron chi connectivity index (χ3n) is 6.91. The monoisotopic (exact) mass is 614 g/mol. The number of fused-ring (bicyclic) bond motifs is 1. The molecule has 0 aliphatic carbocycles. The molecule has 15 heteroatoms. The summed E-state index contributed by atoms with van der Waals surface area (Å²) in [7, 11) is 0. The molecule has 224 valence electrons. The third kappa shape index (κ3) is 6.66. The second-order valence-corrected chi connectivity index (χ2v) is 10.3. The van der Waals surface area contributed by atoms with Crippen LogP contribution in [0.3, 0.4) is 0 Å². The molecule has 2 atom stereocenters. The number of halogens is 3. The minimum Gasteiger partial charge on any atom is -0.489 e. The second kappa shape index (κ2) is 11.8. The SMILES string of the molecule is CC(=O)N1C[C@H](c2nc(=S)[nH][nH]2)[C@H](NC(=O)c2ccc(OCc3cc(C)nc4ccccc34)cc2OC(=O)C(F)(F)F)C1. The van der Waals surface area contributed by atoms with Gasteiger partial charge in [0.2, 0.25) is 10.7 Å². The summed E-state index contributed by atoms with van der Waals surface area (Å²) in [6.45, 7) is 3.54. The molecule has 1 aliphatic rings. The molecule has 2 aromatic carbocycles. The number of carbonyl (C=O) groups excluding carboxylic acids is 3. The van der Waals surface area contributed by atoms with Crippen molar-refractivity contribution < 1.29 is 37.0 Å². The average molecular weight is 615 g/mol. The fourth-order valence-corrected chi connectivity index (χ4v) is 5.04. The zero-order valence-corrected chi connectivity index (χ0v) is 23.6. The van der Waals surface area contributed by atoms with Crippen LogP contribution in [0.1, 0.15) is 40.3 Å². The Bertz CT molecular complexity index is 1770. The first-order chi connectivity index (χ1) is 20.4. The van der Waals surface area contributed by atoms with Crippen molar-refractivity contribution in [3.8, 4) is 11.5 Å². The number of hydrogen-bond acceptors (Lipinski definition) is 8. The summed E-state index contributed by atoms with van der Waals surface area (Å²) in [5.41, 5.74) is 1.93. The van der Waals surface area contributed by atoms with Crippen LogP contribution >= 0.6 is 12.2 Å². The molecular weight excluding hydrogens is 589 g/mol. The maximum Gasteiger partial charge on any atom is 0.491 e. The van der Waals surface area contributed by atoms with Crippen molar-refractivity contribution in [2.24, 2.45) is 0 Å². The van der Waals surface area contributed by atoms with Gasteiger partial charge in [-0.05, 0) is 43.4 Å². The lowest BCUT2D eigenvalue weighted by molar-refractivity contribution is -0.189. The summed E-state index contributed by atoms with van der Waals surface area (Å²) in [6.07, 6.45) is -5.31. The number of nitrogens with one attached hydrogen (secondary N) is 3. The average Bonchev–Trinajstić information content (AvgIpc) is 3.57. The van der Waals surface area contributed by atoms with Gasteiger partial charge in [-0.15, -0.1) is 0 Å². The van der Waals surface area contributed by atoms with Crippen LogP contribution in [-0.2, 0) is 16.2 Å². The number of likely N-dealkylation sites (tertiary alicyclic amines) is 1. The molecule has 0 bridgehead atoms. The normalized spacial score (nSPS) is 16.7. The molecule has 1 saturated heterocycles. The molecule has 4 aromatic rings. The Labute approximate surface area is 247 Å². The molecule has 2 amide bonds. The van der Waals surface area contributed by atoms with Gasteiger partial charge < -0.3 is 19.7 Å². The lowest BCUT2D eigenvalue weighted by Crippen LogP contribution is -2.40. The molecule has 43 heavy (non-hydrogen) atoms. The van der Waals surface area contributed by atoms with Crippen molar-refractivity contribution in [2.45, 2.75) is 38.6 Å². The highest BCUT2D eigenvalue weighted by molar-refractivity contribution is 7.71. The van der Waals surface area contributed by atoms with Gasteiger partial charge in [0.25, 0.3) is 5.91 Å². The minimum absolute atomic E-state index is 0.0255. The number of alkyl halides is 3. The number of aromatic nitrogens is 4. The van der Waals surface area contributed by atoms with E-state index in [2.05, 4.69) is 30.2 Å². The van der Waals surface area contributed by atoms with Gasteiger partial charge in [0.05, 0.1) is 23.0 Å². The number of aromatic amines is 2. The number of carbonyl (C=O) groups is 3. The molecule has 2 aromatic heterocycles. The molecule has 1 fully saturated rings. The quantitative estimate of drug-likeness (QED) is 0.160. The number of aryl methyl sites for hydroxylation is 1. The molecule has 0 radical (unpaired) electrons. The van der Waals surface area contributed by atoms with E-state index in [9.17, 15) is 27.6 Å². The smallest absolute Gasteiger partial charge is 0.489 e. The van der Waals surface area contributed by atoms with Crippen molar-refractivity contribution in [3.05, 3.63) is 75.9 Å². The predicted octanol–water partition coefficient (Wildman–Crippen LogP) is 4.11. The lowest BCUT2D eigenvalue weighted by atomic mass is 10.0. The van der Waals surface area contributed by atoms with Crippen molar-refractivity contribution >= 4 is 40.9 Å². The second-order valence-electron chi connectivity index (χ2n) is 9.94. The molecule has 0 spiro atoms. The Hall–Kier alpha value is -4.79. The fourth-order valence-electron chi connectivity index (χ4n) is 4.89. The number of ether oxygens (including phenoxy) is 2. The van der Waals surface area contributed by atoms with Crippen LogP contribution in [0.4, 0.5) is 13.2 Å². The van der Waals surface area contributed by atoms with Crippen molar-refractivity contribution in [3.63, 3.8) is 0 Å². The number of H-pyrrole nitrogens is 2. The van der Waals surface area contributed by atoms with E-state index in [1.54, 1.807) is 0 Å². The topological polar surface area (TPSA) is 142 Å². The Morgan fingerprint density at radius 1 is 1.09 bits per heavy atom. The zero-order chi connectivity index (χ0) is 30.9. The van der Waals surface area contributed by atoms with Gasteiger partial charge in [-0.1, -0.05) is 18.2 Å². The molecule has 5 rings (SSSR count). The summed E-state index contributed by atoms with van der Waals surface area (Å²) < 4.78 is 50.1. The first-order valence-corrected chi connectivity index (χ1v) is 13.4. The third-order valence-corrected chi connectivity index (χ3v) is 7.10. The number of nitrogens with zero attached hydrogens (tertiary/aromatic N) is 3. The van der Waals surface area contributed by atoms with Crippen LogP contribution in [0.15, 0.2) is 48.5 Å². The molecule has 11 nitrogen and oxygen atoms in total. The maximum atomic E-state index is 13.4. The molecule has 1 aliphatic heterocycles. The Morgan fingerprint density at radius 2 is 1.86 bits per heavy atom. The van der Waals surface area contributed by atoms with Gasteiger partial charge in [-0.2, -0.15) is 13.2 Å². The molecule has 3 heterocycles. The number of rotatable bonds is 7. The molecular formula is C28H25F3N6O5S. The number of pyridine rings is 1. The number of para-hydroxylation sites is 1. The molecule has 0 saturated carbocycles. The summed E-state index contributed by atoms with van der Waals surface area (Å²) in [5.74, 6) is -4.26. The van der Waals surface area contributed by atoms with Crippen LogP contribution in [-0.4, -0.2) is 68.2 Å². The highest BCUT2D eigenvalue weighted by atomic mass is 32.1. The van der Waals surface area contributed by atoms with E-state index in [1.165, 1.54) is 24.0 Å². The number of esters is 1. The van der Waals surface area contributed by atoms with Gasteiger partial charge in [-0.25, -0.2) is 9.78 Å². The number of hydrogen-bond donors (Lipinski definition) is 3. The van der Waals surface area contributed by atoms with Gasteiger partial charge in [0.15, 0.2) is 0 Å². The Morgan fingerprint density at radius 3 is 2.56 bits per heavy atom. The summed E-state index contributed by atoms with van der Waals surface area (Å²) in [5, 5.41) is 9.04. The van der Waals surface area contributed by atoms with Gasteiger partial charge in [0, 0.05) is 42.7 Å². The highest BCUT2D eigenvalue weighted by Gasteiger charge is 2.42. The van der Waals surface area contributed by atoms with Crippen molar-refractivity contribution in [1.82, 2.24) is 30.4 Å². The minimum atomic E-state index is -5.31. The predicted molar refractivity (Wildman–Crippen MR) is 149 cm³/mol. The summed E-state index contributed by atoms with van der Waals surface area (Å²) in [4.78, 5) is 47.4. The van der Waals surface area contributed by atoms with Crippen LogP contribution in [0.5, 0.6) is 11.5 Å². The summed E-state index contributed by atoms with van der Waals surface area (Å²) in [6, 6.07) is 12.2. The zero-order valence-electron chi connectivity index (χ0n) is 22.8. The standard InChI is InChI=1S/C28H25F3N6O5S/c1-14-9-16(18-5-3-4-6-21(18)32-14)13-41-17-7-8-19(23(10-17)42-26(40)28(29,30)31)25(39)33-22-12-37(15(2)38)11-20(22)24-34-27(43)36-35-24/h3-10,20,22H,11-13H2,1-2H3,(H,33,39)(H2,34,35,36,43)/t20-,22+/m0/s1. The number of amides is 2. The van der Waals surface area contributed by atoms with Crippen LogP contribution < -0.4 is 14.8 Å². The van der Waals surface area contributed by atoms with E-state index in [0.29, 0.717) is 5.82 Å². The molecule has 0 unspecified atom stereocenters. The molecule has 3 N–H and O–H groups in total. The first-order valence-electron chi connectivity index (χ1n) is 13.0. The van der Waals surface area contributed by atoms with E-state index >= 15 is 0 Å². The maximum absolute atomic E-state index is 13.4. The van der Waals surface area contributed by atoms with E-state index in [-0.39, 0.29) is 41.7 Å². The van der Waals surface area contributed by atoms with Crippen molar-refractivity contribution in [1.29, 1.82) is 0 Å². The van der Waals surface area contributed by atoms with E-state index < -0.39 is 35.8 Å². The van der Waals surface area contributed by atoms with Gasteiger partial charge in [0.1, 0.15) is 23.9 Å². The Balaban J connectivity index is 1.41. The van der Waals surface area contributed by atoms with Crippen LogP contribution in [0.25, 0.3) is 10.9 Å². The number of benzene rings is 2. The fraction of sp³-hybridized carbons (Fsp3) is 0.286. The van der Waals surface area contributed by atoms with Crippen LogP contribution in [0.2, 0.25) is 0 Å². The summed E-state index contributed by atoms with van der Waals surface area (Å²) >= 11 is 5.01. The van der Waals surface area contributed by atoms with E-state index in [4.69, 9.17) is 17.0 Å². The van der Waals surface area contributed by atoms with Crippen LogP contribution in [0, 0.1) is 11.7 Å². The van der Waals surface area contributed by atoms with Gasteiger partial charge >= 0.3 is 12.1 Å². The largest absolute Gasteiger partial charge is 0.491 e. The first kappa shape index (κ1) is 29.7.